The predicted octanol–water partition coefficient (Wildman–Crippen LogP) is 4.20. The monoisotopic (exact) mass is 203 g/mol. The van der Waals surface area contributed by atoms with E-state index in [4.69, 9.17) is 0 Å². The standard InChI is InChI=1S/C16H11/c1-2-6-12-10-14-8-4-3-7-13-9-11(5-1)15(12)16(13)14/h1-7,9-10H,8H2/q+1. The molecule has 3 aromatic rings. The summed E-state index contributed by atoms with van der Waals surface area (Å²) in [7, 11) is 0. The Morgan fingerprint density at radius 2 is 1.75 bits per heavy atom. The minimum absolute atomic E-state index is 1.06. The molecule has 0 N–H and O–H groups in total. The third-order valence-electron chi connectivity index (χ3n) is 3.49. The zero-order valence-corrected chi connectivity index (χ0v) is 8.90. The van der Waals surface area contributed by atoms with E-state index in [1.165, 1.54) is 32.7 Å². The molecule has 0 aliphatic heterocycles. The zero-order valence-electron chi connectivity index (χ0n) is 8.90. The molecular weight excluding hydrogens is 192 g/mol. The smallest absolute Gasteiger partial charge is 0.0616 e. The third-order valence-corrected chi connectivity index (χ3v) is 3.49. The summed E-state index contributed by atoms with van der Waals surface area (Å²) in [4.78, 5) is 0. The van der Waals surface area contributed by atoms with E-state index in [9.17, 15) is 0 Å². The lowest BCUT2D eigenvalue weighted by Gasteiger charge is -1.87. The summed E-state index contributed by atoms with van der Waals surface area (Å²) in [6.07, 6.45) is 7.69. The van der Waals surface area contributed by atoms with Crippen LogP contribution in [0.15, 0.2) is 42.5 Å². The molecule has 3 aromatic carbocycles. The summed E-state index contributed by atoms with van der Waals surface area (Å²) < 4.78 is 0. The fourth-order valence-corrected chi connectivity index (χ4v) is 2.83. The van der Waals surface area contributed by atoms with Crippen LogP contribution in [-0.4, -0.2) is 0 Å². The Morgan fingerprint density at radius 1 is 0.938 bits per heavy atom. The number of allylic oxidation sites excluding steroid dienone is 1. The van der Waals surface area contributed by atoms with Gasteiger partial charge in [0.1, 0.15) is 0 Å². The van der Waals surface area contributed by atoms with Crippen LogP contribution in [0.5, 0.6) is 0 Å². The molecule has 0 bridgehead atoms. The normalized spacial score (nSPS) is 14.2. The van der Waals surface area contributed by atoms with Crippen molar-refractivity contribution in [2.24, 2.45) is 0 Å². The van der Waals surface area contributed by atoms with Gasteiger partial charge in [-0.3, -0.25) is 0 Å². The van der Waals surface area contributed by atoms with Gasteiger partial charge in [0.25, 0.3) is 0 Å². The van der Waals surface area contributed by atoms with E-state index in [2.05, 4.69) is 55.0 Å². The van der Waals surface area contributed by atoms with Gasteiger partial charge >= 0.3 is 0 Å². The van der Waals surface area contributed by atoms with Crippen molar-refractivity contribution < 1.29 is 0 Å². The first-order valence-electron chi connectivity index (χ1n) is 5.70. The van der Waals surface area contributed by atoms with Crippen molar-refractivity contribution in [2.45, 2.75) is 6.42 Å². The van der Waals surface area contributed by atoms with Crippen LogP contribution in [0.2, 0.25) is 0 Å². The second-order valence-corrected chi connectivity index (χ2v) is 4.45. The highest BCUT2D eigenvalue weighted by Gasteiger charge is 2.18. The molecule has 0 saturated heterocycles. The van der Waals surface area contributed by atoms with Crippen molar-refractivity contribution in [1.29, 1.82) is 0 Å². The van der Waals surface area contributed by atoms with Gasteiger partial charge in [-0.1, -0.05) is 24.3 Å². The van der Waals surface area contributed by atoms with Crippen molar-refractivity contribution >= 4 is 27.6 Å². The van der Waals surface area contributed by atoms with Crippen molar-refractivity contribution in [3.8, 4) is 0 Å². The molecule has 0 atom stereocenters. The lowest BCUT2D eigenvalue weighted by Crippen LogP contribution is -1.77. The molecule has 74 valence electrons. The number of hydrogen-bond donors (Lipinski definition) is 0. The molecule has 0 unspecified atom stereocenters. The summed E-state index contributed by atoms with van der Waals surface area (Å²) in [5, 5.41) is 5.64. The van der Waals surface area contributed by atoms with Crippen LogP contribution < -0.4 is 0 Å². The van der Waals surface area contributed by atoms with Crippen LogP contribution >= 0.6 is 0 Å². The Balaban J connectivity index is 2.34. The molecule has 0 amide bonds. The van der Waals surface area contributed by atoms with Crippen molar-refractivity contribution in [3.05, 3.63) is 60.0 Å². The minimum Gasteiger partial charge on any atom is -0.0616 e. The second-order valence-electron chi connectivity index (χ2n) is 4.45. The first-order chi connectivity index (χ1) is 7.93. The predicted molar refractivity (Wildman–Crippen MR) is 69.7 cm³/mol. The fraction of sp³-hybridized carbons (Fsp3) is 0.0625. The molecule has 0 aromatic heterocycles. The fourth-order valence-electron chi connectivity index (χ4n) is 2.83. The van der Waals surface area contributed by atoms with Gasteiger partial charge in [-0.25, -0.2) is 0 Å². The van der Waals surface area contributed by atoms with E-state index >= 15 is 0 Å². The Labute approximate surface area is 94.5 Å². The molecule has 0 nitrogen and oxygen atoms in total. The topological polar surface area (TPSA) is 0 Å². The highest BCUT2D eigenvalue weighted by atomic mass is 14.2. The molecule has 4 rings (SSSR count). The maximum absolute atomic E-state index is 2.34. The van der Waals surface area contributed by atoms with Gasteiger partial charge in [0.15, 0.2) is 0 Å². The van der Waals surface area contributed by atoms with Crippen LogP contribution in [0, 0.1) is 6.42 Å². The first kappa shape index (κ1) is 8.23. The molecule has 0 heterocycles. The van der Waals surface area contributed by atoms with Gasteiger partial charge in [-0.15, -0.1) is 0 Å². The first-order valence-corrected chi connectivity index (χ1v) is 5.70. The van der Waals surface area contributed by atoms with Crippen molar-refractivity contribution in [2.75, 3.05) is 0 Å². The van der Waals surface area contributed by atoms with E-state index in [-0.39, 0.29) is 0 Å². The largest absolute Gasteiger partial charge is 0.0950 e. The Kier molecular flexibility index (Phi) is 1.44. The van der Waals surface area contributed by atoms with Crippen LogP contribution in [0.4, 0.5) is 0 Å². The summed E-state index contributed by atoms with van der Waals surface area (Å²) in [6, 6.07) is 13.3. The van der Waals surface area contributed by atoms with Gasteiger partial charge in [0.2, 0.25) is 0 Å². The van der Waals surface area contributed by atoms with Crippen molar-refractivity contribution in [3.63, 3.8) is 0 Å². The summed E-state index contributed by atoms with van der Waals surface area (Å²) in [5.41, 5.74) is 2.84. The highest BCUT2D eigenvalue weighted by molar-refractivity contribution is 6.18. The van der Waals surface area contributed by atoms with Crippen molar-refractivity contribution in [1.82, 2.24) is 0 Å². The van der Waals surface area contributed by atoms with E-state index in [1.807, 2.05) is 0 Å². The van der Waals surface area contributed by atoms with Gasteiger partial charge in [-0.05, 0) is 33.9 Å². The number of hydrogen-bond acceptors (Lipinski definition) is 0. The average molecular weight is 203 g/mol. The van der Waals surface area contributed by atoms with Gasteiger partial charge in [0.05, 0.1) is 24.1 Å². The third kappa shape index (κ3) is 0.917. The lowest BCUT2D eigenvalue weighted by molar-refractivity contribution is 1.24. The molecule has 1 aliphatic carbocycles. The maximum Gasteiger partial charge on any atom is 0.0950 e. The SMILES string of the molecule is C1=Cc2cc3ccccc4cc(c2c34)C[CH+]1. The molecule has 0 fully saturated rings. The number of rotatable bonds is 0. The van der Waals surface area contributed by atoms with E-state index in [1.54, 1.807) is 0 Å². The van der Waals surface area contributed by atoms with Gasteiger partial charge < -0.3 is 0 Å². The molecular formula is C16H11+. The quantitative estimate of drug-likeness (QED) is 0.480. The Hall–Kier alpha value is -1.95. The minimum atomic E-state index is 1.06. The second kappa shape index (κ2) is 2.79. The highest BCUT2D eigenvalue weighted by Crippen LogP contribution is 2.38. The van der Waals surface area contributed by atoms with Crippen LogP contribution in [-0.2, 0) is 6.42 Å². The maximum atomic E-state index is 2.34. The Bertz CT molecular complexity index is 704. The summed E-state index contributed by atoms with van der Waals surface area (Å²) in [6.45, 7) is 0. The lowest BCUT2D eigenvalue weighted by atomic mass is 10.1. The van der Waals surface area contributed by atoms with Crippen LogP contribution in [0.1, 0.15) is 11.1 Å². The average Bonchev–Trinajstić information content (AvgIpc) is 2.65. The summed E-state index contributed by atoms with van der Waals surface area (Å²) >= 11 is 0. The summed E-state index contributed by atoms with van der Waals surface area (Å²) in [5.74, 6) is 0. The van der Waals surface area contributed by atoms with Gasteiger partial charge in [0, 0.05) is 11.8 Å². The molecule has 0 heteroatoms. The molecule has 0 spiro atoms. The van der Waals surface area contributed by atoms with Crippen LogP contribution in [0.25, 0.3) is 27.6 Å². The zero-order chi connectivity index (χ0) is 10.5. The van der Waals surface area contributed by atoms with E-state index in [0.717, 1.165) is 6.42 Å². The van der Waals surface area contributed by atoms with E-state index in [0.29, 0.717) is 0 Å². The molecule has 0 radical (unpaired) electrons. The Morgan fingerprint density at radius 3 is 2.62 bits per heavy atom. The molecule has 16 heavy (non-hydrogen) atoms. The van der Waals surface area contributed by atoms with Crippen LogP contribution in [0.3, 0.4) is 0 Å². The van der Waals surface area contributed by atoms with Gasteiger partial charge in [-0.2, -0.15) is 0 Å². The molecule has 1 aliphatic rings. The van der Waals surface area contributed by atoms with E-state index < -0.39 is 0 Å². The molecule has 0 saturated carbocycles.